The third kappa shape index (κ3) is 8.08. The number of nitrogens with two attached hydrogens (primary N) is 1. The Bertz CT molecular complexity index is 1180. The summed E-state index contributed by atoms with van der Waals surface area (Å²) in [7, 11) is 2.73. The number of fused-ring (bicyclic) bond motifs is 2. The van der Waals surface area contributed by atoms with Gasteiger partial charge in [0.1, 0.15) is 0 Å². The predicted molar refractivity (Wildman–Crippen MR) is 141 cm³/mol. The highest BCUT2D eigenvalue weighted by Gasteiger charge is 2.33. The minimum atomic E-state index is -1.34. The summed E-state index contributed by atoms with van der Waals surface area (Å²) >= 11 is 0. The molecule has 0 saturated carbocycles. The predicted octanol–water partition coefficient (Wildman–Crippen LogP) is 1.96. The average molecular weight is 545 g/mol. The molecule has 212 valence electrons. The number of carbonyl (C=O) groups is 5. The van der Waals surface area contributed by atoms with Crippen LogP contribution in [0, 0.1) is 11.8 Å². The van der Waals surface area contributed by atoms with Gasteiger partial charge in [-0.25, -0.2) is 4.79 Å². The first-order chi connectivity index (χ1) is 18.3. The zero-order valence-corrected chi connectivity index (χ0v) is 23.0. The molecule has 0 spiro atoms. The van der Waals surface area contributed by atoms with Gasteiger partial charge in [-0.15, -0.1) is 0 Å². The maximum absolute atomic E-state index is 13.3. The lowest BCUT2D eigenvalue weighted by molar-refractivity contribution is -0.121. The van der Waals surface area contributed by atoms with Gasteiger partial charge in [-0.1, -0.05) is 32.1 Å². The fourth-order valence-electron chi connectivity index (χ4n) is 4.48. The molecule has 2 rings (SSSR count). The second-order valence-electron chi connectivity index (χ2n) is 9.72. The van der Waals surface area contributed by atoms with Gasteiger partial charge in [0.25, 0.3) is 5.91 Å². The van der Waals surface area contributed by atoms with Crippen molar-refractivity contribution >= 4 is 29.4 Å². The topological polar surface area (TPSA) is 171 Å². The lowest BCUT2D eigenvalue weighted by atomic mass is 9.85. The number of aliphatic hydroxyl groups is 1. The number of primary amides is 1. The summed E-state index contributed by atoms with van der Waals surface area (Å²) in [5.74, 6) is -3.31. The number of carbonyl (C=O) groups excluding carboxylic acids is 5. The van der Waals surface area contributed by atoms with E-state index < -0.39 is 53.6 Å². The number of nitrogens with one attached hydrogen (secondary N) is 1. The summed E-state index contributed by atoms with van der Waals surface area (Å²) in [6.45, 7) is 6.57. The van der Waals surface area contributed by atoms with E-state index in [1.807, 2.05) is 6.92 Å². The Morgan fingerprint density at radius 2 is 1.79 bits per heavy atom. The van der Waals surface area contributed by atoms with E-state index in [9.17, 15) is 29.1 Å². The van der Waals surface area contributed by atoms with Crippen molar-refractivity contribution in [1.82, 2.24) is 5.32 Å². The standard InChI is InChI=1S/C28H36N2O9/c1-14-10-18-24(34)19(13-21(32)26(18)38-6)30-27(35)15(2)8-7-9-20(31)25(39-28(29)36)17(4)12-16(3)23(33)22(11-14)37-5/h7-9,12-14,16,22-23,25,33H,10-11H2,1-6H3,(H2,29,36)(H,30,35)/b9-7-,15-8+,17-12+/t14-,16+,22+,23-,25+/m1/s1. The number of hydrogen-bond acceptors (Lipinski definition) is 9. The average Bonchev–Trinajstić information content (AvgIpc) is 2.87. The maximum atomic E-state index is 13.3. The molecule has 1 heterocycles. The van der Waals surface area contributed by atoms with E-state index in [4.69, 9.17) is 19.9 Å². The first-order valence-corrected chi connectivity index (χ1v) is 12.4. The minimum Gasteiger partial charge on any atom is -0.492 e. The molecule has 4 N–H and O–H groups in total. The van der Waals surface area contributed by atoms with Gasteiger partial charge in [0.2, 0.25) is 17.3 Å². The van der Waals surface area contributed by atoms with Crippen LogP contribution >= 0.6 is 0 Å². The zero-order valence-electron chi connectivity index (χ0n) is 23.0. The molecule has 0 aromatic heterocycles. The number of rotatable bonds is 3. The first-order valence-electron chi connectivity index (χ1n) is 12.4. The fourth-order valence-corrected chi connectivity index (χ4v) is 4.48. The van der Waals surface area contributed by atoms with Gasteiger partial charge in [0.05, 0.1) is 25.0 Å². The summed E-state index contributed by atoms with van der Waals surface area (Å²) in [6, 6.07) is 0. The number of hydrogen-bond donors (Lipinski definition) is 3. The van der Waals surface area contributed by atoms with Gasteiger partial charge in [0.15, 0.2) is 11.9 Å². The van der Waals surface area contributed by atoms with Crippen molar-refractivity contribution in [1.29, 1.82) is 0 Å². The van der Waals surface area contributed by atoms with E-state index in [1.165, 1.54) is 33.3 Å². The monoisotopic (exact) mass is 544 g/mol. The largest absolute Gasteiger partial charge is 0.492 e. The molecule has 0 radical (unpaired) electrons. The van der Waals surface area contributed by atoms with E-state index in [-0.39, 0.29) is 34.9 Å². The third-order valence-electron chi connectivity index (χ3n) is 6.55. The summed E-state index contributed by atoms with van der Waals surface area (Å²) in [5.41, 5.74) is 5.55. The van der Waals surface area contributed by atoms with Gasteiger partial charge in [-0.05, 0) is 44.3 Å². The highest BCUT2D eigenvalue weighted by Crippen LogP contribution is 2.29. The third-order valence-corrected chi connectivity index (χ3v) is 6.55. The SMILES string of the molecule is COC1=C2C[C@@H](C)C[C@H](OC)[C@H](O)[C@@H](C)/C=C(\C)[C@H](OC(N)=O)C(=O)/C=C\C=C(/C)C(=O)NC(=CC1=O)C2=O. The smallest absolute Gasteiger partial charge is 0.405 e. The maximum Gasteiger partial charge on any atom is 0.405 e. The summed E-state index contributed by atoms with van der Waals surface area (Å²) in [6.07, 6.45) is 2.52. The van der Waals surface area contributed by atoms with Crippen molar-refractivity contribution in [2.75, 3.05) is 14.2 Å². The highest BCUT2D eigenvalue weighted by atomic mass is 16.6. The van der Waals surface area contributed by atoms with E-state index in [0.29, 0.717) is 12.0 Å². The number of ketones is 3. The Hall–Kier alpha value is -3.83. The van der Waals surface area contributed by atoms with Crippen LogP contribution in [-0.2, 0) is 33.4 Å². The number of methoxy groups -OCH3 is 2. The Morgan fingerprint density at radius 1 is 1.13 bits per heavy atom. The molecule has 0 unspecified atom stereocenters. The van der Waals surface area contributed by atoms with Crippen LogP contribution in [0.1, 0.15) is 40.5 Å². The van der Waals surface area contributed by atoms with Gasteiger partial charge in [-0.3, -0.25) is 19.2 Å². The number of ether oxygens (including phenoxy) is 3. The Balaban J connectivity index is 2.57. The fraction of sp³-hybridized carbons (Fsp3) is 0.464. The van der Waals surface area contributed by atoms with Crippen molar-refractivity contribution in [2.24, 2.45) is 17.6 Å². The normalized spacial score (nSPS) is 31.4. The van der Waals surface area contributed by atoms with Crippen LogP contribution in [0.5, 0.6) is 0 Å². The van der Waals surface area contributed by atoms with E-state index >= 15 is 0 Å². The molecule has 1 aliphatic heterocycles. The molecule has 0 saturated heterocycles. The first kappa shape index (κ1) is 31.4. The molecule has 2 aliphatic rings. The Morgan fingerprint density at radius 3 is 2.38 bits per heavy atom. The van der Waals surface area contributed by atoms with Gasteiger partial charge in [0, 0.05) is 30.2 Å². The Labute approximate surface area is 227 Å². The summed E-state index contributed by atoms with van der Waals surface area (Å²) in [5, 5.41) is 13.5. The second kappa shape index (κ2) is 13.8. The molecular weight excluding hydrogens is 508 g/mol. The van der Waals surface area contributed by atoms with Crippen LogP contribution in [0.15, 0.2) is 58.6 Å². The van der Waals surface area contributed by atoms with Crippen LogP contribution in [-0.4, -0.2) is 67.0 Å². The van der Waals surface area contributed by atoms with Gasteiger partial charge >= 0.3 is 6.09 Å². The molecular formula is C28H36N2O9. The van der Waals surface area contributed by atoms with Crippen molar-refractivity contribution in [3.05, 3.63) is 58.6 Å². The van der Waals surface area contributed by atoms with Crippen LogP contribution in [0.3, 0.4) is 0 Å². The van der Waals surface area contributed by atoms with Crippen molar-refractivity contribution in [3.63, 3.8) is 0 Å². The minimum absolute atomic E-state index is 0.105. The molecule has 2 amide bonds. The van der Waals surface area contributed by atoms with Gasteiger partial charge in [-0.2, -0.15) is 0 Å². The van der Waals surface area contributed by atoms with Crippen LogP contribution in [0.2, 0.25) is 0 Å². The van der Waals surface area contributed by atoms with E-state index in [0.717, 1.165) is 12.2 Å². The molecule has 11 nitrogen and oxygen atoms in total. The van der Waals surface area contributed by atoms with Crippen LogP contribution in [0.25, 0.3) is 0 Å². The van der Waals surface area contributed by atoms with Crippen molar-refractivity contribution in [2.45, 2.75) is 58.8 Å². The lowest BCUT2D eigenvalue weighted by Gasteiger charge is -2.29. The molecule has 2 bridgehead atoms. The van der Waals surface area contributed by atoms with E-state index in [1.54, 1.807) is 19.9 Å². The highest BCUT2D eigenvalue weighted by molar-refractivity contribution is 6.23. The molecule has 39 heavy (non-hydrogen) atoms. The Kier molecular flexibility index (Phi) is 11.1. The summed E-state index contributed by atoms with van der Waals surface area (Å²) < 4.78 is 15.8. The molecule has 1 aliphatic carbocycles. The lowest BCUT2D eigenvalue weighted by Crippen LogP contribution is -2.36. The van der Waals surface area contributed by atoms with E-state index in [2.05, 4.69) is 5.32 Å². The quantitative estimate of drug-likeness (QED) is 0.355. The van der Waals surface area contributed by atoms with Gasteiger partial charge < -0.3 is 30.4 Å². The molecule has 11 heteroatoms. The number of amides is 2. The summed E-state index contributed by atoms with van der Waals surface area (Å²) in [4.78, 5) is 63.0. The number of aliphatic hydroxyl groups excluding tert-OH is 1. The molecule has 0 aromatic rings. The second-order valence-corrected chi connectivity index (χ2v) is 9.72. The molecule has 5 atom stereocenters. The van der Waals surface area contributed by atoms with Crippen LogP contribution < -0.4 is 11.1 Å². The van der Waals surface area contributed by atoms with Crippen molar-refractivity contribution in [3.8, 4) is 0 Å². The number of allylic oxidation sites excluding steroid dienone is 4. The van der Waals surface area contributed by atoms with Crippen LogP contribution in [0.4, 0.5) is 4.79 Å². The molecule has 0 aromatic carbocycles. The zero-order chi connectivity index (χ0) is 29.4. The number of Topliss-reactive ketones (excluding diaryl/α,β-unsaturated/α-hetero) is 1. The molecule has 0 fully saturated rings. The van der Waals surface area contributed by atoms with Crippen molar-refractivity contribution < 1.29 is 43.3 Å².